The number of anilines is 3. The Balaban J connectivity index is 1.99. The Morgan fingerprint density at radius 1 is 1.18 bits per heavy atom. The summed E-state index contributed by atoms with van der Waals surface area (Å²) in [6.07, 6.45) is 3.08. The first-order valence-electron chi connectivity index (χ1n) is 4.83. The number of rotatable bonds is 2. The molecule has 0 fully saturated rings. The minimum Gasteiger partial charge on any atom is -0.382 e. The van der Waals surface area contributed by atoms with Crippen molar-refractivity contribution >= 4 is 28.5 Å². The van der Waals surface area contributed by atoms with E-state index in [2.05, 4.69) is 35.7 Å². The number of H-pyrrole nitrogens is 1. The highest BCUT2D eigenvalue weighted by Crippen LogP contribution is 2.19. The lowest BCUT2D eigenvalue weighted by Gasteiger charge is -2.03. The standard InChI is InChI=1S/C9H8N8/c10-6-1-2-7(16-15-6)14-8-5-3-13-17-9(5)12-4-11-8/h1-4H,(H2,10,15)(H2,11,12,13,14,16,17). The quantitative estimate of drug-likeness (QED) is 0.583. The van der Waals surface area contributed by atoms with Crippen LogP contribution in [0.4, 0.5) is 17.5 Å². The van der Waals surface area contributed by atoms with Gasteiger partial charge in [0.15, 0.2) is 11.5 Å². The molecule has 3 aromatic rings. The van der Waals surface area contributed by atoms with E-state index in [1.165, 1.54) is 6.33 Å². The van der Waals surface area contributed by atoms with Crippen LogP contribution in [0.3, 0.4) is 0 Å². The zero-order valence-electron chi connectivity index (χ0n) is 8.62. The number of nitrogens with one attached hydrogen (secondary N) is 2. The van der Waals surface area contributed by atoms with Crippen LogP contribution in [0, 0.1) is 0 Å². The van der Waals surface area contributed by atoms with Crippen LogP contribution in [0.25, 0.3) is 11.0 Å². The minimum absolute atomic E-state index is 0.367. The van der Waals surface area contributed by atoms with Crippen LogP contribution < -0.4 is 11.1 Å². The first kappa shape index (κ1) is 9.46. The summed E-state index contributed by atoms with van der Waals surface area (Å²) in [4.78, 5) is 8.15. The molecule has 0 amide bonds. The number of aromatic nitrogens is 6. The van der Waals surface area contributed by atoms with Gasteiger partial charge in [0, 0.05) is 0 Å². The van der Waals surface area contributed by atoms with Crippen molar-refractivity contribution in [3.8, 4) is 0 Å². The maximum Gasteiger partial charge on any atom is 0.160 e. The molecule has 0 aliphatic carbocycles. The summed E-state index contributed by atoms with van der Waals surface area (Å²) in [7, 11) is 0. The monoisotopic (exact) mass is 228 g/mol. The minimum atomic E-state index is 0.367. The number of nitrogens with zero attached hydrogens (tertiary/aromatic N) is 5. The first-order chi connectivity index (χ1) is 8.33. The summed E-state index contributed by atoms with van der Waals surface area (Å²) in [6, 6.07) is 3.37. The number of hydrogen-bond acceptors (Lipinski definition) is 7. The van der Waals surface area contributed by atoms with Crippen LogP contribution >= 0.6 is 0 Å². The summed E-state index contributed by atoms with van der Waals surface area (Å²) in [5.41, 5.74) is 6.11. The van der Waals surface area contributed by atoms with E-state index in [-0.39, 0.29) is 0 Å². The lowest BCUT2D eigenvalue weighted by atomic mass is 10.4. The molecule has 3 rings (SSSR count). The Labute approximate surface area is 95.3 Å². The Morgan fingerprint density at radius 3 is 2.94 bits per heavy atom. The molecule has 8 nitrogen and oxygen atoms in total. The van der Waals surface area contributed by atoms with Gasteiger partial charge in [-0.05, 0) is 12.1 Å². The van der Waals surface area contributed by atoms with E-state index < -0.39 is 0 Å². The number of nitrogens with two attached hydrogens (primary N) is 1. The Hall–Kier alpha value is -2.77. The fraction of sp³-hybridized carbons (Fsp3) is 0. The van der Waals surface area contributed by atoms with Crippen LogP contribution in [0.5, 0.6) is 0 Å². The molecule has 17 heavy (non-hydrogen) atoms. The average Bonchev–Trinajstić information content (AvgIpc) is 2.81. The number of aromatic amines is 1. The summed E-state index contributed by atoms with van der Waals surface area (Å²) in [5.74, 6) is 1.54. The van der Waals surface area contributed by atoms with Crippen molar-refractivity contribution < 1.29 is 0 Å². The third kappa shape index (κ3) is 1.71. The van der Waals surface area contributed by atoms with Crippen LogP contribution in [0.2, 0.25) is 0 Å². The Morgan fingerprint density at radius 2 is 2.12 bits per heavy atom. The molecule has 0 saturated heterocycles. The van der Waals surface area contributed by atoms with Crippen LogP contribution in [0.15, 0.2) is 24.7 Å². The number of nitrogen functional groups attached to an aromatic ring is 1. The zero-order valence-corrected chi connectivity index (χ0v) is 8.62. The summed E-state index contributed by atoms with van der Waals surface area (Å²) < 4.78 is 0. The third-order valence-corrected chi connectivity index (χ3v) is 2.18. The van der Waals surface area contributed by atoms with Crippen LogP contribution in [0.1, 0.15) is 0 Å². The van der Waals surface area contributed by atoms with Gasteiger partial charge in [-0.1, -0.05) is 0 Å². The SMILES string of the molecule is Nc1ccc(Nc2ncnc3[nH]ncc23)nn1. The molecule has 0 aliphatic rings. The van der Waals surface area contributed by atoms with Gasteiger partial charge in [-0.25, -0.2) is 9.97 Å². The lowest BCUT2D eigenvalue weighted by molar-refractivity contribution is 1.04. The molecule has 0 bridgehead atoms. The van der Waals surface area contributed by atoms with Crippen molar-refractivity contribution in [3.05, 3.63) is 24.7 Å². The molecular weight excluding hydrogens is 220 g/mol. The van der Waals surface area contributed by atoms with E-state index in [0.29, 0.717) is 23.1 Å². The van der Waals surface area contributed by atoms with Gasteiger partial charge < -0.3 is 11.1 Å². The normalized spacial score (nSPS) is 10.6. The number of hydrogen-bond donors (Lipinski definition) is 3. The van der Waals surface area contributed by atoms with Crippen LogP contribution in [-0.4, -0.2) is 30.4 Å². The summed E-state index contributed by atoms with van der Waals surface area (Å²) in [5, 5.41) is 18.1. The van der Waals surface area contributed by atoms with Crippen molar-refractivity contribution in [1.29, 1.82) is 0 Å². The predicted molar refractivity (Wildman–Crippen MR) is 61.4 cm³/mol. The van der Waals surface area contributed by atoms with Gasteiger partial charge in [-0.3, -0.25) is 5.10 Å². The van der Waals surface area contributed by atoms with Gasteiger partial charge in [0.2, 0.25) is 0 Å². The fourth-order valence-corrected chi connectivity index (χ4v) is 1.40. The van der Waals surface area contributed by atoms with Crippen molar-refractivity contribution in [2.75, 3.05) is 11.1 Å². The molecule has 0 radical (unpaired) electrons. The van der Waals surface area contributed by atoms with E-state index in [4.69, 9.17) is 5.73 Å². The van der Waals surface area contributed by atoms with Gasteiger partial charge in [0.1, 0.15) is 18.0 Å². The van der Waals surface area contributed by atoms with E-state index in [0.717, 1.165) is 5.39 Å². The molecule has 0 atom stereocenters. The van der Waals surface area contributed by atoms with Gasteiger partial charge in [-0.2, -0.15) is 5.10 Å². The number of fused-ring (bicyclic) bond motifs is 1. The molecule has 4 N–H and O–H groups in total. The molecule has 84 valence electrons. The van der Waals surface area contributed by atoms with E-state index in [9.17, 15) is 0 Å². The van der Waals surface area contributed by atoms with Gasteiger partial charge in [0.05, 0.1) is 11.6 Å². The Bertz CT molecular complexity index is 643. The average molecular weight is 228 g/mol. The highest BCUT2D eigenvalue weighted by Gasteiger charge is 2.06. The Kier molecular flexibility index (Phi) is 2.04. The summed E-state index contributed by atoms with van der Waals surface area (Å²) in [6.45, 7) is 0. The van der Waals surface area contributed by atoms with Gasteiger partial charge >= 0.3 is 0 Å². The van der Waals surface area contributed by atoms with Crippen molar-refractivity contribution in [1.82, 2.24) is 30.4 Å². The van der Waals surface area contributed by atoms with Crippen molar-refractivity contribution in [3.63, 3.8) is 0 Å². The molecule has 0 aliphatic heterocycles. The zero-order chi connectivity index (χ0) is 11.7. The highest BCUT2D eigenvalue weighted by atomic mass is 15.2. The van der Waals surface area contributed by atoms with Gasteiger partial charge in [-0.15, -0.1) is 10.2 Å². The molecule has 0 spiro atoms. The first-order valence-corrected chi connectivity index (χ1v) is 4.83. The molecule has 3 aromatic heterocycles. The summed E-state index contributed by atoms with van der Waals surface area (Å²) >= 11 is 0. The topological polar surface area (TPSA) is 118 Å². The van der Waals surface area contributed by atoms with Gasteiger partial charge in [0.25, 0.3) is 0 Å². The smallest absolute Gasteiger partial charge is 0.160 e. The molecule has 0 unspecified atom stereocenters. The van der Waals surface area contributed by atoms with E-state index in [1.54, 1.807) is 18.3 Å². The highest BCUT2D eigenvalue weighted by molar-refractivity contribution is 5.87. The fourth-order valence-electron chi connectivity index (χ4n) is 1.40. The third-order valence-electron chi connectivity index (χ3n) is 2.18. The largest absolute Gasteiger partial charge is 0.382 e. The maximum atomic E-state index is 5.45. The molecular formula is C9H8N8. The lowest BCUT2D eigenvalue weighted by Crippen LogP contribution is -2.00. The molecule has 3 heterocycles. The van der Waals surface area contributed by atoms with E-state index >= 15 is 0 Å². The van der Waals surface area contributed by atoms with Crippen molar-refractivity contribution in [2.45, 2.75) is 0 Å². The maximum absolute atomic E-state index is 5.45. The second-order valence-corrected chi connectivity index (χ2v) is 3.32. The van der Waals surface area contributed by atoms with Crippen molar-refractivity contribution in [2.24, 2.45) is 0 Å². The second kappa shape index (κ2) is 3.67. The van der Waals surface area contributed by atoms with Crippen LogP contribution in [-0.2, 0) is 0 Å². The second-order valence-electron chi connectivity index (χ2n) is 3.32. The molecule has 0 aromatic carbocycles. The predicted octanol–water partition coefficient (Wildman–Crippen LogP) is 0.469. The molecule has 8 heteroatoms. The van der Waals surface area contributed by atoms with E-state index in [1.807, 2.05) is 0 Å². The molecule has 0 saturated carbocycles.